The van der Waals surface area contributed by atoms with Crippen LogP contribution in [0, 0.1) is 17.0 Å². The number of non-ortho nitro benzene ring substituents is 1. The quantitative estimate of drug-likeness (QED) is 0.227. The van der Waals surface area contributed by atoms with E-state index in [0.29, 0.717) is 28.3 Å². The summed E-state index contributed by atoms with van der Waals surface area (Å²) in [7, 11) is 1.45. The fourth-order valence-corrected chi connectivity index (χ4v) is 4.40. The number of benzene rings is 3. The zero-order valence-electron chi connectivity index (χ0n) is 20.5. The van der Waals surface area contributed by atoms with Crippen molar-refractivity contribution < 1.29 is 28.8 Å². The molecule has 0 unspecified atom stereocenters. The number of imide groups is 1. The van der Waals surface area contributed by atoms with Crippen LogP contribution in [0.2, 0.25) is 0 Å². The van der Waals surface area contributed by atoms with E-state index in [2.05, 4.69) is 5.32 Å². The lowest BCUT2D eigenvalue weighted by Crippen LogP contribution is -2.27. The standard InChI is InChI=1S/C27H23N3O7S/c1-17-3-8-20(9-4-17)28-25(31)16-37-22-12-7-19(13-23(22)36-2)14-24-26(32)29(27(33)38-24)15-18-5-10-21(11-6-18)30(34)35/h3-14H,15-16H2,1-2H3,(H,28,31)/b24-14+. The van der Waals surface area contributed by atoms with Crippen LogP contribution in [0.5, 0.6) is 11.5 Å². The van der Waals surface area contributed by atoms with E-state index in [0.717, 1.165) is 22.2 Å². The van der Waals surface area contributed by atoms with Crippen LogP contribution < -0.4 is 14.8 Å². The van der Waals surface area contributed by atoms with Gasteiger partial charge in [0.05, 0.1) is 23.5 Å². The van der Waals surface area contributed by atoms with Crippen LogP contribution in [0.4, 0.5) is 16.2 Å². The van der Waals surface area contributed by atoms with Gasteiger partial charge < -0.3 is 14.8 Å². The number of rotatable bonds is 9. The van der Waals surface area contributed by atoms with Gasteiger partial charge >= 0.3 is 0 Å². The van der Waals surface area contributed by atoms with E-state index < -0.39 is 16.1 Å². The molecule has 1 aliphatic rings. The third-order valence-electron chi connectivity index (χ3n) is 5.54. The molecule has 3 amide bonds. The maximum Gasteiger partial charge on any atom is 0.293 e. The maximum absolute atomic E-state index is 12.9. The van der Waals surface area contributed by atoms with Crippen molar-refractivity contribution >= 4 is 46.3 Å². The second-order valence-electron chi connectivity index (χ2n) is 8.30. The summed E-state index contributed by atoms with van der Waals surface area (Å²) in [5.74, 6) is -0.103. The van der Waals surface area contributed by atoms with Crippen LogP contribution >= 0.6 is 11.8 Å². The van der Waals surface area contributed by atoms with Gasteiger partial charge in [-0.05, 0) is 60.2 Å². The van der Waals surface area contributed by atoms with E-state index in [9.17, 15) is 24.5 Å². The molecule has 3 aromatic rings. The van der Waals surface area contributed by atoms with Crippen molar-refractivity contribution in [3.8, 4) is 11.5 Å². The Morgan fingerprint density at radius 3 is 2.42 bits per heavy atom. The highest BCUT2D eigenvalue weighted by Crippen LogP contribution is 2.35. The van der Waals surface area contributed by atoms with Gasteiger partial charge in [-0.1, -0.05) is 35.9 Å². The second-order valence-corrected chi connectivity index (χ2v) is 9.30. The van der Waals surface area contributed by atoms with Crippen molar-refractivity contribution in [3.63, 3.8) is 0 Å². The molecule has 1 fully saturated rings. The van der Waals surface area contributed by atoms with Gasteiger partial charge in [0.25, 0.3) is 22.7 Å². The topological polar surface area (TPSA) is 128 Å². The van der Waals surface area contributed by atoms with Crippen LogP contribution in [0.3, 0.4) is 0 Å². The number of aryl methyl sites for hydroxylation is 1. The molecular weight excluding hydrogens is 510 g/mol. The first-order valence-electron chi connectivity index (χ1n) is 11.4. The largest absolute Gasteiger partial charge is 0.493 e. The number of ether oxygens (including phenoxy) is 2. The molecule has 11 heteroatoms. The SMILES string of the molecule is COc1cc(/C=C2/SC(=O)N(Cc3ccc([N+](=O)[O-])cc3)C2=O)ccc1OCC(=O)Nc1ccc(C)cc1. The third-order valence-corrected chi connectivity index (χ3v) is 6.45. The van der Waals surface area contributed by atoms with Crippen LogP contribution in [-0.2, 0) is 16.1 Å². The first kappa shape index (κ1) is 26.4. The number of nitrogens with one attached hydrogen (secondary N) is 1. The number of methoxy groups -OCH3 is 1. The number of hydrogen-bond donors (Lipinski definition) is 1. The molecule has 3 aromatic carbocycles. The van der Waals surface area contributed by atoms with Crippen molar-refractivity contribution in [1.82, 2.24) is 4.90 Å². The molecule has 0 aromatic heterocycles. The fourth-order valence-electron chi connectivity index (χ4n) is 3.56. The van der Waals surface area contributed by atoms with Crippen LogP contribution in [0.15, 0.2) is 71.6 Å². The first-order chi connectivity index (χ1) is 18.2. The predicted molar refractivity (Wildman–Crippen MR) is 143 cm³/mol. The molecule has 0 aliphatic carbocycles. The Kier molecular flexibility index (Phi) is 8.07. The summed E-state index contributed by atoms with van der Waals surface area (Å²) in [5.41, 5.74) is 2.86. The predicted octanol–water partition coefficient (Wildman–Crippen LogP) is 5.17. The lowest BCUT2D eigenvalue weighted by molar-refractivity contribution is -0.384. The van der Waals surface area contributed by atoms with Crippen LogP contribution in [-0.4, -0.2) is 40.6 Å². The number of carbonyl (C=O) groups is 3. The molecule has 1 aliphatic heterocycles. The Morgan fingerprint density at radius 2 is 1.76 bits per heavy atom. The van der Waals surface area contributed by atoms with Crippen molar-refractivity contribution in [2.45, 2.75) is 13.5 Å². The van der Waals surface area contributed by atoms with E-state index in [-0.39, 0.29) is 29.7 Å². The third kappa shape index (κ3) is 6.37. The Balaban J connectivity index is 1.40. The average Bonchev–Trinajstić information content (AvgIpc) is 3.16. The van der Waals surface area contributed by atoms with Crippen molar-refractivity contribution in [1.29, 1.82) is 0 Å². The molecular formula is C27H23N3O7S. The molecule has 4 rings (SSSR count). The van der Waals surface area contributed by atoms with Crippen LogP contribution in [0.1, 0.15) is 16.7 Å². The normalized spacial score (nSPS) is 14.1. The molecule has 0 bridgehead atoms. The van der Waals surface area contributed by atoms with Crippen LogP contribution in [0.25, 0.3) is 6.08 Å². The number of nitro groups is 1. The Hall–Kier alpha value is -4.64. The zero-order chi connectivity index (χ0) is 27.2. The molecule has 0 spiro atoms. The van der Waals surface area contributed by atoms with E-state index in [4.69, 9.17) is 9.47 Å². The average molecular weight is 534 g/mol. The highest BCUT2D eigenvalue weighted by molar-refractivity contribution is 8.18. The van der Waals surface area contributed by atoms with Gasteiger partial charge in [-0.3, -0.25) is 29.4 Å². The minimum Gasteiger partial charge on any atom is -0.493 e. The summed E-state index contributed by atoms with van der Waals surface area (Å²) in [4.78, 5) is 49.2. The van der Waals surface area contributed by atoms with Gasteiger partial charge in [0.2, 0.25) is 0 Å². The molecule has 1 N–H and O–H groups in total. The number of carbonyl (C=O) groups excluding carboxylic acids is 3. The number of nitrogens with zero attached hydrogens (tertiary/aromatic N) is 2. The number of nitro benzene ring substituents is 1. The molecule has 10 nitrogen and oxygen atoms in total. The minimum absolute atomic E-state index is 0.000747. The zero-order valence-corrected chi connectivity index (χ0v) is 21.3. The molecule has 0 atom stereocenters. The van der Waals surface area contributed by atoms with Gasteiger partial charge in [-0.2, -0.15) is 0 Å². The number of amides is 3. The molecule has 194 valence electrons. The molecule has 1 heterocycles. The highest BCUT2D eigenvalue weighted by Gasteiger charge is 2.35. The lowest BCUT2D eigenvalue weighted by atomic mass is 10.1. The van der Waals surface area contributed by atoms with E-state index in [1.165, 1.54) is 31.4 Å². The van der Waals surface area contributed by atoms with Crippen molar-refractivity contribution in [2.75, 3.05) is 19.0 Å². The number of anilines is 1. The fraction of sp³-hybridized carbons (Fsp3) is 0.148. The smallest absolute Gasteiger partial charge is 0.293 e. The molecule has 0 saturated carbocycles. The summed E-state index contributed by atoms with van der Waals surface area (Å²) in [6.07, 6.45) is 1.57. The Bertz CT molecular complexity index is 1420. The Labute approximate surface area is 222 Å². The maximum atomic E-state index is 12.9. The van der Waals surface area contributed by atoms with Crippen molar-refractivity contribution in [2.24, 2.45) is 0 Å². The summed E-state index contributed by atoms with van der Waals surface area (Å²) in [6.45, 7) is 1.73. The van der Waals surface area contributed by atoms with E-state index in [1.807, 2.05) is 19.1 Å². The van der Waals surface area contributed by atoms with Gasteiger partial charge in [0, 0.05) is 17.8 Å². The molecule has 38 heavy (non-hydrogen) atoms. The summed E-state index contributed by atoms with van der Waals surface area (Å²) < 4.78 is 11.0. The van der Waals surface area contributed by atoms with Gasteiger partial charge in [0.15, 0.2) is 18.1 Å². The summed E-state index contributed by atoms with van der Waals surface area (Å²) in [5, 5.41) is 13.1. The van der Waals surface area contributed by atoms with Gasteiger partial charge in [-0.25, -0.2) is 0 Å². The second kappa shape index (κ2) is 11.6. The number of thioether (sulfide) groups is 1. The Morgan fingerprint density at radius 1 is 1.05 bits per heavy atom. The first-order valence-corrected chi connectivity index (χ1v) is 12.2. The monoisotopic (exact) mass is 533 g/mol. The molecule has 1 saturated heterocycles. The summed E-state index contributed by atoms with van der Waals surface area (Å²) >= 11 is 0.803. The molecule has 0 radical (unpaired) electrons. The summed E-state index contributed by atoms with van der Waals surface area (Å²) in [6, 6.07) is 18.0. The lowest BCUT2D eigenvalue weighted by Gasteiger charge is -2.12. The minimum atomic E-state index is -0.516. The highest BCUT2D eigenvalue weighted by atomic mass is 32.2. The number of hydrogen-bond acceptors (Lipinski definition) is 8. The van der Waals surface area contributed by atoms with Crippen molar-refractivity contribution in [3.05, 3.63) is 98.4 Å². The van der Waals surface area contributed by atoms with Gasteiger partial charge in [0.1, 0.15) is 0 Å². The van der Waals surface area contributed by atoms with Gasteiger partial charge in [-0.15, -0.1) is 0 Å². The van der Waals surface area contributed by atoms with E-state index >= 15 is 0 Å². The van der Waals surface area contributed by atoms with E-state index in [1.54, 1.807) is 36.4 Å².